The predicted molar refractivity (Wildman–Crippen MR) is 64.8 cm³/mol. The van der Waals surface area contributed by atoms with Crippen molar-refractivity contribution in [1.82, 2.24) is 5.32 Å². The Kier molecular flexibility index (Phi) is 2.96. The summed E-state index contributed by atoms with van der Waals surface area (Å²) < 4.78 is 0. The number of nitrogens with two attached hydrogens (primary N) is 1. The van der Waals surface area contributed by atoms with E-state index in [1.165, 1.54) is 24.8 Å². The summed E-state index contributed by atoms with van der Waals surface area (Å²) in [4.78, 5) is 0. The SMILES string of the molecule is CC1(NCCCc2ccccc2N)CC1. The summed E-state index contributed by atoms with van der Waals surface area (Å²) in [7, 11) is 0. The first-order chi connectivity index (χ1) is 7.20. The van der Waals surface area contributed by atoms with E-state index in [9.17, 15) is 0 Å². The van der Waals surface area contributed by atoms with Gasteiger partial charge in [0.1, 0.15) is 0 Å². The molecule has 1 aromatic carbocycles. The zero-order chi connectivity index (χ0) is 10.7. The lowest BCUT2D eigenvalue weighted by atomic mass is 10.1. The number of para-hydroxylation sites is 1. The standard InChI is InChI=1S/C13H20N2/c1-13(8-9-13)15-10-4-6-11-5-2-3-7-12(11)14/h2-3,5,7,15H,4,6,8-10,14H2,1H3. The maximum absolute atomic E-state index is 5.88. The van der Waals surface area contributed by atoms with Crippen LogP contribution in [0.15, 0.2) is 24.3 Å². The molecule has 2 nitrogen and oxygen atoms in total. The average Bonchev–Trinajstić information content (AvgIpc) is 2.94. The number of hydrogen-bond donors (Lipinski definition) is 2. The van der Waals surface area contributed by atoms with Crippen LogP contribution in [0.4, 0.5) is 5.69 Å². The summed E-state index contributed by atoms with van der Waals surface area (Å²) >= 11 is 0. The first-order valence-corrected chi connectivity index (χ1v) is 5.78. The number of aryl methyl sites for hydroxylation is 1. The Bertz CT molecular complexity index is 329. The predicted octanol–water partition coefficient (Wildman–Crippen LogP) is 2.34. The van der Waals surface area contributed by atoms with E-state index in [4.69, 9.17) is 5.73 Å². The number of rotatable bonds is 5. The number of anilines is 1. The van der Waals surface area contributed by atoms with Crippen molar-refractivity contribution in [2.45, 2.75) is 38.1 Å². The van der Waals surface area contributed by atoms with Crippen molar-refractivity contribution in [3.05, 3.63) is 29.8 Å². The second kappa shape index (κ2) is 4.23. The van der Waals surface area contributed by atoms with E-state index < -0.39 is 0 Å². The molecule has 1 fully saturated rings. The van der Waals surface area contributed by atoms with Crippen LogP contribution >= 0.6 is 0 Å². The molecule has 0 aliphatic heterocycles. The van der Waals surface area contributed by atoms with Crippen molar-refractivity contribution in [1.29, 1.82) is 0 Å². The van der Waals surface area contributed by atoms with Crippen LogP contribution in [-0.4, -0.2) is 12.1 Å². The lowest BCUT2D eigenvalue weighted by Gasteiger charge is -2.11. The van der Waals surface area contributed by atoms with Gasteiger partial charge in [-0.2, -0.15) is 0 Å². The smallest absolute Gasteiger partial charge is 0.0346 e. The maximum Gasteiger partial charge on any atom is 0.0346 e. The molecule has 0 amide bonds. The minimum Gasteiger partial charge on any atom is -0.399 e. The average molecular weight is 204 g/mol. The molecule has 0 saturated heterocycles. The van der Waals surface area contributed by atoms with Gasteiger partial charge in [0.15, 0.2) is 0 Å². The third-order valence-corrected chi connectivity index (χ3v) is 3.23. The molecule has 2 rings (SSSR count). The molecule has 15 heavy (non-hydrogen) atoms. The largest absolute Gasteiger partial charge is 0.399 e. The lowest BCUT2D eigenvalue weighted by molar-refractivity contribution is 0.526. The second-order valence-electron chi connectivity index (χ2n) is 4.79. The van der Waals surface area contributed by atoms with Crippen LogP contribution < -0.4 is 11.1 Å². The zero-order valence-corrected chi connectivity index (χ0v) is 9.42. The van der Waals surface area contributed by atoms with E-state index in [1.54, 1.807) is 0 Å². The molecule has 1 aliphatic carbocycles. The van der Waals surface area contributed by atoms with Gasteiger partial charge in [-0.15, -0.1) is 0 Å². The molecular formula is C13H20N2. The van der Waals surface area contributed by atoms with E-state index in [1.807, 2.05) is 12.1 Å². The molecule has 0 unspecified atom stereocenters. The molecule has 0 heterocycles. The monoisotopic (exact) mass is 204 g/mol. The van der Waals surface area contributed by atoms with Gasteiger partial charge in [-0.1, -0.05) is 18.2 Å². The van der Waals surface area contributed by atoms with E-state index in [0.29, 0.717) is 5.54 Å². The van der Waals surface area contributed by atoms with Crippen LogP contribution in [0.2, 0.25) is 0 Å². The Morgan fingerprint density at radius 1 is 1.33 bits per heavy atom. The molecule has 0 radical (unpaired) electrons. The van der Waals surface area contributed by atoms with E-state index in [-0.39, 0.29) is 0 Å². The van der Waals surface area contributed by atoms with Gasteiger partial charge >= 0.3 is 0 Å². The van der Waals surface area contributed by atoms with Gasteiger partial charge < -0.3 is 11.1 Å². The van der Waals surface area contributed by atoms with Gasteiger partial charge in [0.05, 0.1) is 0 Å². The highest BCUT2D eigenvalue weighted by Gasteiger charge is 2.35. The van der Waals surface area contributed by atoms with Crippen molar-refractivity contribution in [2.75, 3.05) is 12.3 Å². The van der Waals surface area contributed by atoms with Gasteiger partial charge in [-0.05, 0) is 50.8 Å². The molecular weight excluding hydrogens is 184 g/mol. The van der Waals surface area contributed by atoms with Crippen LogP contribution in [0.3, 0.4) is 0 Å². The molecule has 0 spiro atoms. The van der Waals surface area contributed by atoms with E-state index in [0.717, 1.165) is 18.7 Å². The molecule has 0 aromatic heterocycles. The van der Waals surface area contributed by atoms with E-state index >= 15 is 0 Å². The summed E-state index contributed by atoms with van der Waals surface area (Å²) in [5, 5.41) is 3.58. The van der Waals surface area contributed by atoms with Crippen molar-refractivity contribution in [2.24, 2.45) is 0 Å². The van der Waals surface area contributed by atoms with Crippen LogP contribution in [0.5, 0.6) is 0 Å². The fourth-order valence-electron chi connectivity index (χ4n) is 1.80. The second-order valence-corrected chi connectivity index (χ2v) is 4.79. The molecule has 1 saturated carbocycles. The highest BCUT2D eigenvalue weighted by Crippen LogP contribution is 2.34. The topological polar surface area (TPSA) is 38.0 Å². The van der Waals surface area contributed by atoms with Crippen molar-refractivity contribution in [3.8, 4) is 0 Å². The highest BCUT2D eigenvalue weighted by atomic mass is 15.0. The van der Waals surface area contributed by atoms with Crippen molar-refractivity contribution >= 4 is 5.69 Å². The van der Waals surface area contributed by atoms with Crippen LogP contribution in [0.25, 0.3) is 0 Å². The number of benzene rings is 1. The minimum absolute atomic E-state index is 0.461. The molecule has 1 aromatic rings. The Morgan fingerprint density at radius 3 is 2.73 bits per heavy atom. The molecule has 82 valence electrons. The van der Waals surface area contributed by atoms with Gasteiger partial charge in [0, 0.05) is 11.2 Å². The lowest BCUT2D eigenvalue weighted by Crippen LogP contribution is -2.28. The number of nitrogens with one attached hydrogen (secondary N) is 1. The van der Waals surface area contributed by atoms with Gasteiger partial charge in [0.25, 0.3) is 0 Å². The van der Waals surface area contributed by atoms with Crippen molar-refractivity contribution in [3.63, 3.8) is 0 Å². The van der Waals surface area contributed by atoms with Crippen LogP contribution in [0.1, 0.15) is 31.7 Å². The molecule has 3 N–H and O–H groups in total. The summed E-state index contributed by atoms with van der Waals surface area (Å²) in [6.45, 7) is 3.40. The molecule has 0 atom stereocenters. The summed E-state index contributed by atoms with van der Waals surface area (Å²) in [5.41, 5.74) is 8.55. The van der Waals surface area contributed by atoms with Crippen LogP contribution in [-0.2, 0) is 6.42 Å². The molecule has 0 bridgehead atoms. The Hall–Kier alpha value is -1.02. The minimum atomic E-state index is 0.461. The Balaban J connectivity index is 1.71. The fourth-order valence-corrected chi connectivity index (χ4v) is 1.80. The first kappa shape index (κ1) is 10.5. The zero-order valence-electron chi connectivity index (χ0n) is 9.42. The summed E-state index contributed by atoms with van der Waals surface area (Å²) in [6.07, 6.45) is 4.92. The first-order valence-electron chi connectivity index (χ1n) is 5.78. The summed E-state index contributed by atoms with van der Waals surface area (Å²) in [6, 6.07) is 8.14. The van der Waals surface area contributed by atoms with Gasteiger partial charge in [-0.3, -0.25) is 0 Å². The van der Waals surface area contributed by atoms with Gasteiger partial charge in [-0.25, -0.2) is 0 Å². The van der Waals surface area contributed by atoms with Crippen LogP contribution in [0, 0.1) is 0 Å². The quantitative estimate of drug-likeness (QED) is 0.570. The fraction of sp³-hybridized carbons (Fsp3) is 0.538. The van der Waals surface area contributed by atoms with Crippen molar-refractivity contribution < 1.29 is 0 Å². The molecule has 1 aliphatic rings. The third kappa shape index (κ3) is 2.96. The Labute approximate surface area is 91.9 Å². The highest BCUT2D eigenvalue weighted by molar-refractivity contribution is 5.46. The van der Waals surface area contributed by atoms with Gasteiger partial charge in [0.2, 0.25) is 0 Å². The number of hydrogen-bond acceptors (Lipinski definition) is 2. The van der Waals surface area contributed by atoms with E-state index in [2.05, 4.69) is 24.4 Å². The number of nitrogen functional groups attached to an aromatic ring is 1. The molecule has 2 heteroatoms. The maximum atomic E-state index is 5.88. The normalized spacial score (nSPS) is 17.7. The summed E-state index contributed by atoms with van der Waals surface area (Å²) in [5.74, 6) is 0. The Morgan fingerprint density at radius 2 is 2.07 bits per heavy atom. The third-order valence-electron chi connectivity index (χ3n) is 3.23.